The molecular formula is C18H21BrFN3O5. The van der Waals surface area contributed by atoms with Gasteiger partial charge in [0.15, 0.2) is 0 Å². The van der Waals surface area contributed by atoms with E-state index in [4.69, 9.17) is 4.74 Å². The molecule has 0 aliphatic carbocycles. The summed E-state index contributed by atoms with van der Waals surface area (Å²) in [7, 11) is 0. The maximum absolute atomic E-state index is 13.3. The molecule has 0 saturated carbocycles. The molecule has 4 amide bonds. The fraction of sp³-hybridized carbons (Fsp3) is 0.500. The predicted molar refractivity (Wildman–Crippen MR) is 100 cm³/mol. The van der Waals surface area contributed by atoms with E-state index in [1.807, 2.05) is 0 Å². The van der Waals surface area contributed by atoms with E-state index in [9.17, 15) is 23.9 Å². The number of rotatable bonds is 7. The Kier molecular flexibility index (Phi) is 6.50. The number of ether oxygens (including phenoxy) is 1. The molecule has 2 aliphatic heterocycles. The first-order chi connectivity index (χ1) is 13.3. The van der Waals surface area contributed by atoms with Gasteiger partial charge in [0.1, 0.15) is 30.3 Å². The van der Waals surface area contributed by atoms with Crippen LogP contribution in [0.3, 0.4) is 0 Å². The van der Waals surface area contributed by atoms with E-state index in [0.717, 1.165) is 23.8 Å². The molecule has 0 radical (unpaired) electrons. The van der Waals surface area contributed by atoms with E-state index >= 15 is 0 Å². The Labute approximate surface area is 169 Å². The van der Waals surface area contributed by atoms with Crippen molar-refractivity contribution in [2.75, 3.05) is 26.2 Å². The summed E-state index contributed by atoms with van der Waals surface area (Å²) in [5, 5.41) is 12.6. The highest BCUT2D eigenvalue weighted by atomic mass is 79.9. The molecule has 28 heavy (non-hydrogen) atoms. The van der Waals surface area contributed by atoms with Gasteiger partial charge < -0.3 is 20.1 Å². The number of carbonyl (C=O) groups is 3. The van der Waals surface area contributed by atoms with Crippen LogP contribution in [0, 0.1) is 5.82 Å². The maximum atomic E-state index is 13.3. The Hall–Kier alpha value is -2.20. The van der Waals surface area contributed by atoms with Crippen molar-refractivity contribution in [2.45, 2.75) is 31.4 Å². The van der Waals surface area contributed by atoms with Crippen LogP contribution in [0.5, 0.6) is 5.75 Å². The minimum absolute atomic E-state index is 0.0923. The first kappa shape index (κ1) is 20.5. The van der Waals surface area contributed by atoms with Crippen LogP contribution >= 0.6 is 15.9 Å². The maximum Gasteiger partial charge on any atom is 0.324 e. The normalized spacial score (nSPS) is 20.5. The molecule has 1 aromatic carbocycles. The molecule has 152 valence electrons. The number of amides is 4. The lowest BCUT2D eigenvalue weighted by atomic mass is 10.2. The zero-order valence-corrected chi connectivity index (χ0v) is 16.7. The van der Waals surface area contributed by atoms with Gasteiger partial charge in [-0.25, -0.2) is 9.18 Å². The minimum Gasteiger partial charge on any atom is -0.491 e. The van der Waals surface area contributed by atoms with Crippen LogP contribution < -0.4 is 10.1 Å². The SMILES string of the molecule is O=C(CC1NC(=O)N(CC(O)COc2cc(F)cc(Br)c2)C1=O)N1CCCC1. The average Bonchev–Trinajstić information content (AvgIpc) is 3.24. The van der Waals surface area contributed by atoms with Crippen LogP contribution in [0.1, 0.15) is 19.3 Å². The molecule has 2 aliphatic rings. The number of imide groups is 1. The molecular weight excluding hydrogens is 437 g/mol. The summed E-state index contributed by atoms with van der Waals surface area (Å²) >= 11 is 3.14. The molecule has 8 nitrogen and oxygen atoms in total. The second-order valence-electron chi connectivity index (χ2n) is 6.81. The number of β-amino-alcohol motifs (C(OH)–C–C–N with tert-alkyl or cyclic N) is 1. The van der Waals surface area contributed by atoms with Gasteiger partial charge in [-0.05, 0) is 25.0 Å². The van der Waals surface area contributed by atoms with Gasteiger partial charge in [0.2, 0.25) is 5.91 Å². The molecule has 0 spiro atoms. The van der Waals surface area contributed by atoms with Gasteiger partial charge in [0.05, 0.1) is 13.0 Å². The third-order valence-electron chi connectivity index (χ3n) is 4.62. The summed E-state index contributed by atoms with van der Waals surface area (Å²) < 4.78 is 19.1. The lowest BCUT2D eigenvalue weighted by Gasteiger charge is -2.19. The van der Waals surface area contributed by atoms with E-state index in [2.05, 4.69) is 21.2 Å². The van der Waals surface area contributed by atoms with Gasteiger partial charge >= 0.3 is 6.03 Å². The van der Waals surface area contributed by atoms with Crippen molar-refractivity contribution in [3.05, 3.63) is 28.5 Å². The van der Waals surface area contributed by atoms with E-state index < -0.39 is 29.9 Å². The lowest BCUT2D eigenvalue weighted by molar-refractivity contribution is -0.135. The number of carbonyl (C=O) groups excluding carboxylic acids is 3. The quantitative estimate of drug-likeness (QED) is 0.600. The summed E-state index contributed by atoms with van der Waals surface area (Å²) in [6, 6.07) is 2.37. The van der Waals surface area contributed by atoms with Crippen LogP contribution in [0.4, 0.5) is 9.18 Å². The van der Waals surface area contributed by atoms with Crippen LogP contribution in [-0.2, 0) is 9.59 Å². The number of benzene rings is 1. The summed E-state index contributed by atoms with van der Waals surface area (Å²) in [5.74, 6) is -1.01. The number of likely N-dealkylation sites (tertiary alicyclic amines) is 1. The molecule has 2 atom stereocenters. The number of aliphatic hydroxyl groups is 1. The number of hydrogen-bond acceptors (Lipinski definition) is 5. The molecule has 0 aromatic heterocycles. The number of hydrogen-bond donors (Lipinski definition) is 2. The van der Waals surface area contributed by atoms with E-state index in [0.29, 0.717) is 17.6 Å². The zero-order chi connectivity index (χ0) is 20.3. The van der Waals surface area contributed by atoms with Crippen LogP contribution in [0.2, 0.25) is 0 Å². The van der Waals surface area contributed by atoms with Crippen molar-refractivity contribution >= 4 is 33.8 Å². The highest BCUT2D eigenvalue weighted by Crippen LogP contribution is 2.21. The summed E-state index contributed by atoms with van der Waals surface area (Å²) in [6.45, 7) is 0.827. The minimum atomic E-state index is -1.16. The Balaban J connectivity index is 1.51. The first-order valence-electron chi connectivity index (χ1n) is 9.00. The number of aliphatic hydroxyl groups excluding tert-OH is 1. The molecule has 0 bridgehead atoms. The smallest absolute Gasteiger partial charge is 0.324 e. The Bertz CT molecular complexity index is 751. The van der Waals surface area contributed by atoms with Crippen LogP contribution in [-0.4, -0.2) is 71.1 Å². The topological polar surface area (TPSA) is 99.2 Å². The third kappa shape index (κ3) is 4.99. The Morgan fingerprint density at radius 3 is 2.71 bits per heavy atom. The Morgan fingerprint density at radius 2 is 2.04 bits per heavy atom. The van der Waals surface area contributed by atoms with Gasteiger partial charge in [0.25, 0.3) is 5.91 Å². The van der Waals surface area contributed by atoms with Gasteiger partial charge in [0, 0.05) is 23.6 Å². The van der Waals surface area contributed by atoms with Crippen molar-refractivity contribution in [3.63, 3.8) is 0 Å². The second kappa shape index (κ2) is 8.87. The second-order valence-corrected chi connectivity index (χ2v) is 7.73. The summed E-state index contributed by atoms with van der Waals surface area (Å²) in [5.41, 5.74) is 0. The lowest BCUT2D eigenvalue weighted by Crippen LogP contribution is -2.41. The fourth-order valence-electron chi connectivity index (χ4n) is 3.23. The summed E-state index contributed by atoms with van der Waals surface area (Å²) in [6.07, 6.45) is 0.628. The first-order valence-corrected chi connectivity index (χ1v) is 9.79. The third-order valence-corrected chi connectivity index (χ3v) is 5.07. The molecule has 2 heterocycles. The largest absolute Gasteiger partial charge is 0.491 e. The highest BCUT2D eigenvalue weighted by molar-refractivity contribution is 9.10. The van der Waals surface area contributed by atoms with E-state index in [-0.39, 0.29) is 31.2 Å². The molecule has 2 saturated heterocycles. The number of halogens is 2. The number of nitrogens with zero attached hydrogens (tertiary/aromatic N) is 2. The molecule has 3 rings (SSSR count). The van der Waals surface area contributed by atoms with E-state index in [1.54, 1.807) is 4.90 Å². The Morgan fingerprint density at radius 1 is 1.32 bits per heavy atom. The molecule has 2 fully saturated rings. The number of urea groups is 1. The fourth-order valence-corrected chi connectivity index (χ4v) is 3.67. The van der Waals surface area contributed by atoms with Crippen molar-refractivity contribution in [1.82, 2.24) is 15.1 Å². The van der Waals surface area contributed by atoms with Crippen molar-refractivity contribution in [2.24, 2.45) is 0 Å². The zero-order valence-electron chi connectivity index (χ0n) is 15.1. The highest BCUT2D eigenvalue weighted by Gasteiger charge is 2.40. The summed E-state index contributed by atoms with van der Waals surface area (Å²) in [4.78, 5) is 39.2. The average molecular weight is 458 g/mol. The van der Waals surface area contributed by atoms with Gasteiger partial charge in [-0.15, -0.1) is 0 Å². The molecule has 10 heteroatoms. The molecule has 1 aromatic rings. The van der Waals surface area contributed by atoms with Crippen LogP contribution in [0.15, 0.2) is 22.7 Å². The van der Waals surface area contributed by atoms with Crippen molar-refractivity contribution in [3.8, 4) is 5.75 Å². The van der Waals surface area contributed by atoms with Crippen molar-refractivity contribution < 1.29 is 28.6 Å². The van der Waals surface area contributed by atoms with Gasteiger partial charge in [-0.1, -0.05) is 15.9 Å². The molecule has 2 unspecified atom stereocenters. The van der Waals surface area contributed by atoms with Crippen LogP contribution in [0.25, 0.3) is 0 Å². The van der Waals surface area contributed by atoms with E-state index in [1.165, 1.54) is 12.1 Å². The molecule has 2 N–H and O–H groups in total. The monoisotopic (exact) mass is 457 g/mol. The number of nitrogens with one attached hydrogen (secondary N) is 1. The van der Waals surface area contributed by atoms with Gasteiger partial charge in [-0.3, -0.25) is 14.5 Å². The van der Waals surface area contributed by atoms with Gasteiger partial charge in [-0.2, -0.15) is 0 Å². The standard InChI is InChI=1S/C18H21BrFN3O5/c19-11-5-12(20)7-14(6-11)28-10-13(24)9-23-17(26)15(21-18(23)27)8-16(25)22-3-1-2-4-22/h5-7,13,15,24H,1-4,8-10H2,(H,21,27). The van der Waals surface area contributed by atoms with Crippen molar-refractivity contribution in [1.29, 1.82) is 0 Å². The predicted octanol–water partition coefficient (Wildman–Crippen LogP) is 1.26.